The summed E-state index contributed by atoms with van der Waals surface area (Å²) in [5, 5.41) is 20.5. The summed E-state index contributed by atoms with van der Waals surface area (Å²) in [4.78, 5) is 14.7. The summed E-state index contributed by atoms with van der Waals surface area (Å²) in [6, 6.07) is 8.66. The molecule has 3 unspecified atom stereocenters. The number of nitro groups is 1. The molecule has 0 spiro atoms. The van der Waals surface area contributed by atoms with E-state index < -0.39 is 18.1 Å². The zero-order valence-corrected chi connectivity index (χ0v) is 10.9. The van der Waals surface area contributed by atoms with Crippen molar-refractivity contribution in [3.63, 3.8) is 0 Å². The number of hydrogen-bond acceptors (Lipinski definition) is 6. The summed E-state index contributed by atoms with van der Waals surface area (Å²) in [5.41, 5.74) is 6.48. The third kappa shape index (κ3) is 3.52. The van der Waals surface area contributed by atoms with Gasteiger partial charge in [0.1, 0.15) is 11.9 Å². The summed E-state index contributed by atoms with van der Waals surface area (Å²) < 4.78 is 5.31. The molecule has 1 aromatic carbocycles. The maximum absolute atomic E-state index is 10.9. The third-order valence-corrected chi connectivity index (χ3v) is 3.26. The molecule has 20 heavy (non-hydrogen) atoms. The highest BCUT2D eigenvalue weighted by molar-refractivity contribution is 5.85. The van der Waals surface area contributed by atoms with Crippen molar-refractivity contribution >= 4 is 5.84 Å². The molecule has 1 aromatic rings. The van der Waals surface area contributed by atoms with E-state index in [1.807, 2.05) is 30.3 Å². The van der Waals surface area contributed by atoms with E-state index in [-0.39, 0.29) is 30.5 Å². The Balaban J connectivity index is 2.29. The highest BCUT2D eigenvalue weighted by Gasteiger charge is 2.30. The van der Waals surface area contributed by atoms with Crippen LogP contribution in [0, 0.1) is 10.1 Å². The van der Waals surface area contributed by atoms with E-state index in [1.165, 1.54) is 0 Å². The first-order chi connectivity index (χ1) is 9.58. The van der Waals surface area contributed by atoms with E-state index in [9.17, 15) is 15.2 Å². The average Bonchev–Trinajstić information content (AvgIpc) is 2.59. The summed E-state index contributed by atoms with van der Waals surface area (Å²) in [5.74, 6) is -0.369. The molecule has 0 bridgehead atoms. The van der Waals surface area contributed by atoms with Gasteiger partial charge in [-0.1, -0.05) is 30.3 Å². The molecule has 1 aliphatic rings. The van der Waals surface area contributed by atoms with E-state index in [1.54, 1.807) is 0 Å². The van der Waals surface area contributed by atoms with E-state index in [4.69, 9.17) is 10.5 Å². The molecule has 3 atom stereocenters. The molecule has 0 saturated heterocycles. The lowest BCUT2D eigenvalue weighted by atomic mass is 9.92. The minimum atomic E-state index is -0.952. The molecule has 108 valence electrons. The van der Waals surface area contributed by atoms with Crippen LogP contribution in [-0.2, 0) is 4.74 Å². The number of aliphatic hydroxyl groups excluding tert-OH is 1. The Labute approximate surface area is 116 Å². The number of nitrogens with two attached hydrogens (primary N) is 1. The standard InChI is InChI=1S/C13H17N3O4/c14-13-12(17)8-20-7-11(15-13)10(6-16(18)19)9-4-2-1-3-5-9/h1-5,10-12,17H,6-8H2,(H2,14,15). The lowest BCUT2D eigenvalue weighted by molar-refractivity contribution is -0.484. The lowest BCUT2D eigenvalue weighted by Crippen LogP contribution is -2.32. The molecule has 0 fully saturated rings. The monoisotopic (exact) mass is 279 g/mol. The number of amidine groups is 1. The Morgan fingerprint density at radius 1 is 1.45 bits per heavy atom. The maximum Gasteiger partial charge on any atom is 0.212 e. The second-order valence-electron chi connectivity index (χ2n) is 4.71. The predicted molar refractivity (Wildman–Crippen MR) is 73.3 cm³/mol. The normalized spacial score (nSPS) is 24.6. The minimum Gasteiger partial charge on any atom is -0.385 e. The van der Waals surface area contributed by atoms with Gasteiger partial charge in [0.25, 0.3) is 0 Å². The summed E-state index contributed by atoms with van der Waals surface area (Å²) in [6.45, 7) is 0.00187. The number of hydrogen-bond donors (Lipinski definition) is 2. The molecule has 7 heteroatoms. The minimum absolute atomic E-state index is 0.0613. The SMILES string of the molecule is NC1=NC(C(C[N+](=O)[O-])c2ccccc2)COCC1O. The van der Waals surface area contributed by atoms with Crippen molar-refractivity contribution < 1.29 is 14.8 Å². The van der Waals surface area contributed by atoms with Crippen LogP contribution < -0.4 is 5.73 Å². The molecular formula is C13H17N3O4. The molecule has 1 heterocycles. The van der Waals surface area contributed by atoms with E-state index in [0.29, 0.717) is 0 Å². The van der Waals surface area contributed by atoms with Crippen LogP contribution in [-0.4, -0.2) is 47.8 Å². The van der Waals surface area contributed by atoms with Crippen molar-refractivity contribution in [1.29, 1.82) is 0 Å². The van der Waals surface area contributed by atoms with Gasteiger partial charge in [0.05, 0.1) is 25.2 Å². The van der Waals surface area contributed by atoms with Gasteiger partial charge in [-0.25, -0.2) is 0 Å². The van der Waals surface area contributed by atoms with Gasteiger partial charge in [-0.2, -0.15) is 0 Å². The second kappa shape index (κ2) is 6.44. The van der Waals surface area contributed by atoms with Gasteiger partial charge in [-0.05, 0) is 5.56 Å². The van der Waals surface area contributed by atoms with Crippen LogP contribution in [0.1, 0.15) is 11.5 Å². The largest absolute Gasteiger partial charge is 0.385 e. The quantitative estimate of drug-likeness (QED) is 0.602. The summed E-state index contributed by atoms with van der Waals surface area (Å²) >= 11 is 0. The topological polar surface area (TPSA) is 111 Å². The van der Waals surface area contributed by atoms with E-state index in [2.05, 4.69) is 4.99 Å². The van der Waals surface area contributed by atoms with Crippen molar-refractivity contribution in [2.24, 2.45) is 10.7 Å². The molecular weight excluding hydrogens is 262 g/mol. The summed E-state index contributed by atoms with van der Waals surface area (Å²) in [6.07, 6.45) is -0.952. The van der Waals surface area contributed by atoms with Crippen LogP contribution in [0.5, 0.6) is 0 Å². The van der Waals surface area contributed by atoms with Crippen molar-refractivity contribution in [3.05, 3.63) is 46.0 Å². The van der Waals surface area contributed by atoms with Crippen molar-refractivity contribution in [2.75, 3.05) is 19.8 Å². The molecule has 0 amide bonds. The number of ether oxygens (including phenoxy) is 1. The molecule has 0 saturated carbocycles. The third-order valence-electron chi connectivity index (χ3n) is 3.26. The second-order valence-corrected chi connectivity index (χ2v) is 4.71. The average molecular weight is 279 g/mol. The lowest BCUT2D eigenvalue weighted by Gasteiger charge is -2.20. The number of nitrogens with zero attached hydrogens (tertiary/aromatic N) is 2. The number of benzene rings is 1. The smallest absolute Gasteiger partial charge is 0.212 e. The van der Waals surface area contributed by atoms with Crippen LogP contribution in [0.3, 0.4) is 0 Å². The fourth-order valence-corrected chi connectivity index (χ4v) is 2.22. The molecule has 1 aliphatic heterocycles. The van der Waals surface area contributed by atoms with E-state index >= 15 is 0 Å². The molecule has 0 radical (unpaired) electrons. The molecule has 0 aliphatic carbocycles. The van der Waals surface area contributed by atoms with Crippen LogP contribution >= 0.6 is 0 Å². The Kier molecular flexibility index (Phi) is 4.65. The van der Waals surface area contributed by atoms with Crippen LogP contribution in [0.15, 0.2) is 35.3 Å². The fraction of sp³-hybridized carbons (Fsp3) is 0.462. The van der Waals surface area contributed by atoms with Crippen LogP contribution in [0.25, 0.3) is 0 Å². The van der Waals surface area contributed by atoms with Crippen molar-refractivity contribution in [1.82, 2.24) is 0 Å². The molecule has 3 N–H and O–H groups in total. The van der Waals surface area contributed by atoms with E-state index in [0.717, 1.165) is 5.56 Å². The van der Waals surface area contributed by atoms with Crippen LogP contribution in [0.2, 0.25) is 0 Å². The van der Waals surface area contributed by atoms with Gasteiger partial charge < -0.3 is 15.6 Å². The van der Waals surface area contributed by atoms with Gasteiger partial charge in [0.15, 0.2) is 0 Å². The van der Waals surface area contributed by atoms with Gasteiger partial charge in [-0.3, -0.25) is 15.1 Å². The van der Waals surface area contributed by atoms with Crippen LogP contribution in [0.4, 0.5) is 0 Å². The highest BCUT2D eigenvalue weighted by atomic mass is 16.6. The number of rotatable bonds is 4. The van der Waals surface area contributed by atoms with Crippen molar-refractivity contribution in [3.8, 4) is 0 Å². The van der Waals surface area contributed by atoms with Gasteiger partial charge >= 0.3 is 0 Å². The Morgan fingerprint density at radius 3 is 2.80 bits per heavy atom. The fourth-order valence-electron chi connectivity index (χ4n) is 2.22. The van der Waals surface area contributed by atoms with Gasteiger partial charge in [-0.15, -0.1) is 0 Å². The van der Waals surface area contributed by atoms with Gasteiger partial charge in [0, 0.05) is 4.92 Å². The zero-order valence-electron chi connectivity index (χ0n) is 10.9. The zero-order chi connectivity index (χ0) is 14.5. The predicted octanol–water partition coefficient (Wildman–Crippen LogP) is 0.164. The Bertz CT molecular complexity index is 492. The molecule has 7 nitrogen and oxygen atoms in total. The first-order valence-electron chi connectivity index (χ1n) is 6.33. The molecule has 2 rings (SSSR count). The Hall–Kier alpha value is -1.99. The van der Waals surface area contributed by atoms with Gasteiger partial charge in [0.2, 0.25) is 6.54 Å². The highest BCUT2D eigenvalue weighted by Crippen LogP contribution is 2.24. The van der Waals surface area contributed by atoms with Crippen molar-refractivity contribution in [2.45, 2.75) is 18.1 Å². The summed E-state index contributed by atoms with van der Waals surface area (Å²) in [7, 11) is 0. The molecule has 0 aromatic heterocycles. The maximum atomic E-state index is 10.9. The first kappa shape index (κ1) is 14.4. The number of aliphatic imine (C=N–C) groups is 1. The Morgan fingerprint density at radius 2 is 2.15 bits per heavy atom. The number of aliphatic hydroxyl groups is 1. The first-order valence-corrected chi connectivity index (χ1v) is 6.33.